The van der Waals surface area contributed by atoms with E-state index in [4.69, 9.17) is 5.73 Å². The van der Waals surface area contributed by atoms with Crippen molar-refractivity contribution in [3.05, 3.63) is 11.6 Å². The lowest BCUT2D eigenvalue weighted by atomic mass is 9.74. The van der Waals surface area contributed by atoms with Crippen LogP contribution in [0.3, 0.4) is 0 Å². The third-order valence-electron chi connectivity index (χ3n) is 4.05. The fraction of sp³-hybridized carbons (Fsp3) is 0.786. The molecule has 98 valence electrons. The van der Waals surface area contributed by atoms with Crippen LogP contribution in [0.25, 0.3) is 0 Å². The van der Waals surface area contributed by atoms with Crippen LogP contribution in [0.5, 0.6) is 0 Å². The van der Waals surface area contributed by atoms with Crippen LogP contribution in [0.1, 0.15) is 53.4 Å². The number of amides is 1. The van der Waals surface area contributed by atoms with Crippen molar-refractivity contribution < 1.29 is 4.79 Å². The Kier molecular flexibility index (Phi) is 4.36. The molecular formula is C14H26N2O. The lowest BCUT2D eigenvalue weighted by Crippen LogP contribution is -2.55. The molecule has 0 aliphatic heterocycles. The van der Waals surface area contributed by atoms with E-state index in [2.05, 4.69) is 11.4 Å². The van der Waals surface area contributed by atoms with Gasteiger partial charge in [0, 0.05) is 12.1 Å². The Bertz CT molecular complexity index is 311. The van der Waals surface area contributed by atoms with E-state index in [-0.39, 0.29) is 5.91 Å². The molecule has 0 unspecified atom stereocenters. The van der Waals surface area contributed by atoms with Crippen molar-refractivity contribution in [3.63, 3.8) is 0 Å². The smallest absolute Gasteiger partial charge is 0.227 e. The topological polar surface area (TPSA) is 55.1 Å². The van der Waals surface area contributed by atoms with E-state index in [0.717, 1.165) is 13.0 Å². The summed E-state index contributed by atoms with van der Waals surface area (Å²) in [5.74, 6) is 0.0450. The van der Waals surface area contributed by atoms with Crippen molar-refractivity contribution in [3.8, 4) is 0 Å². The second-order valence-electron chi connectivity index (χ2n) is 6.11. The molecule has 0 fully saturated rings. The van der Waals surface area contributed by atoms with Gasteiger partial charge >= 0.3 is 0 Å². The molecule has 0 heterocycles. The van der Waals surface area contributed by atoms with Crippen LogP contribution in [-0.4, -0.2) is 18.0 Å². The summed E-state index contributed by atoms with van der Waals surface area (Å²) in [7, 11) is 0. The third kappa shape index (κ3) is 3.56. The van der Waals surface area contributed by atoms with Crippen molar-refractivity contribution >= 4 is 5.91 Å². The Hall–Kier alpha value is -0.830. The van der Waals surface area contributed by atoms with Gasteiger partial charge in [-0.15, -0.1) is 0 Å². The molecule has 1 rings (SSSR count). The number of carbonyl (C=O) groups excluding carboxylic acids is 1. The van der Waals surface area contributed by atoms with Gasteiger partial charge in [0.1, 0.15) is 0 Å². The van der Waals surface area contributed by atoms with Gasteiger partial charge in [0.15, 0.2) is 0 Å². The first-order valence-corrected chi connectivity index (χ1v) is 6.50. The van der Waals surface area contributed by atoms with E-state index in [9.17, 15) is 4.79 Å². The Morgan fingerprint density at radius 3 is 2.53 bits per heavy atom. The minimum atomic E-state index is -0.545. The molecule has 0 saturated carbocycles. The minimum absolute atomic E-state index is 0.0450. The van der Waals surface area contributed by atoms with Crippen LogP contribution in [0.2, 0.25) is 0 Å². The largest absolute Gasteiger partial charge is 0.355 e. The van der Waals surface area contributed by atoms with Crippen LogP contribution in [0.15, 0.2) is 11.6 Å². The lowest BCUT2D eigenvalue weighted by Gasteiger charge is -2.36. The van der Waals surface area contributed by atoms with Crippen molar-refractivity contribution in [2.75, 3.05) is 6.54 Å². The van der Waals surface area contributed by atoms with Gasteiger partial charge in [0.2, 0.25) is 5.91 Å². The lowest BCUT2D eigenvalue weighted by molar-refractivity contribution is -0.132. The summed E-state index contributed by atoms with van der Waals surface area (Å²) in [6, 6.07) is 0. The highest BCUT2D eigenvalue weighted by atomic mass is 16.2. The van der Waals surface area contributed by atoms with E-state index < -0.39 is 11.0 Å². The van der Waals surface area contributed by atoms with Crippen molar-refractivity contribution in [1.82, 2.24) is 5.32 Å². The predicted octanol–water partition coefficient (Wildman–Crippen LogP) is 2.37. The van der Waals surface area contributed by atoms with Crippen LogP contribution in [0.4, 0.5) is 0 Å². The Labute approximate surface area is 105 Å². The molecule has 3 nitrogen and oxygen atoms in total. The van der Waals surface area contributed by atoms with E-state index in [1.807, 2.05) is 27.7 Å². The fourth-order valence-corrected chi connectivity index (χ4v) is 1.81. The second kappa shape index (κ2) is 5.21. The van der Waals surface area contributed by atoms with Crippen molar-refractivity contribution in [2.24, 2.45) is 11.1 Å². The number of rotatable bonds is 5. The van der Waals surface area contributed by atoms with Gasteiger partial charge < -0.3 is 11.1 Å². The van der Waals surface area contributed by atoms with E-state index in [1.54, 1.807) is 0 Å². The van der Waals surface area contributed by atoms with Gasteiger partial charge in [-0.05, 0) is 53.4 Å². The molecule has 1 amide bonds. The average Bonchev–Trinajstić information content (AvgIpc) is 2.68. The van der Waals surface area contributed by atoms with Crippen molar-refractivity contribution in [1.29, 1.82) is 0 Å². The molecule has 17 heavy (non-hydrogen) atoms. The number of nitrogens with two attached hydrogens (primary N) is 1. The molecule has 3 N–H and O–H groups in total. The zero-order valence-electron chi connectivity index (χ0n) is 11.6. The number of hydrogen-bond acceptors (Lipinski definition) is 2. The molecule has 0 aromatic carbocycles. The summed E-state index contributed by atoms with van der Waals surface area (Å²) in [6.07, 6.45) is 6.94. The van der Waals surface area contributed by atoms with Crippen LogP contribution in [-0.2, 0) is 4.79 Å². The highest BCUT2D eigenvalue weighted by Crippen LogP contribution is 2.28. The summed E-state index contributed by atoms with van der Waals surface area (Å²) in [5, 5.41) is 3.00. The highest BCUT2D eigenvalue weighted by Gasteiger charge is 2.40. The maximum Gasteiger partial charge on any atom is 0.227 e. The Morgan fingerprint density at radius 2 is 2.06 bits per heavy atom. The Balaban J connectivity index is 2.39. The molecule has 0 radical (unpaired) electrons. The van der Waals surface area contributed by atoms with Gasteiger partial charge in [-0.3, -0.25) is 4.79 Å². The van der Waals surface area contributed by atoms with E-state index in [0.29, 0.717) is 0 Å². The quantitative estimate of drug-likeness (QED) is 0.722. The molecule has 0 saturated heterocycles. The van der Waals surface area contributed by atoms with Gasteiger partial charge in [0.25, 0.3) is 0 Å². The summed E-state index contributed by atoms with van der Waals surface area (Å²) < 4.78 is 0. The molecule has 0 aromatic heterocycles. The SMILES string of the molecule is CC(C)(N)C(C)(C)C(=O)NCCC1=CCCC1. The summed E-state index contributed by atoms with van der Waals surface area (Å²) in [4.78, 5) is 12.1. The molecule has 0 aromatic rings. The first-order chi connectivity index (χ1) is 7.75. The standard InChI is InChI=1S/C14H26N2O/c1-13(2,14(3,4)15)12(17)16-10-9-11-7-5-6-8-11/h7H,5-6,8-10,15H2,1-4H3,(H,16,17). The van der Waals surface area contributed by atoms with Gasteiger partial charge in [0.05, 0.1) is 5.41 Å². The molecule has 0 spiro atoms. The number of nitrogens with one attached hydrogen (secondary N) is 1. The normalized spacial score (nSPS) is 16.9. The van der Waals surface area contributed by atoms with Crippen LogP contribution < -0.4 is 11.1 Å². The highest BCUT2D eigenvalue weighted by molar-refractivity contribution is 5.83. The van der Waals surface area contributed by atoms with Crippen molar-refractivity contribution in [2.45, 2.75) is 58.9 Å². The first kappa shape index (κ1) is 14.2. The van der Waals surface area contributed by atoms with Crippen LogP contribution >= 0.6 is 0 Å². The van der Waals surface area contributed by atoms with E-state index in [1.165, 1.54) is 24.8 Å². The summed E-state index contributed by atoms with van der Waals surface area (Å²) >= 11 is 0. The first-order valence-electron chi connectivity index (χ1n) is 6.50. The maximum atomic E-state index is 12.1. The molecule has 0 atom stereocenters. The van der Waals surface area contributed by atoms with Gasteiger partial charge in [-0.1, -0.05) is 11.6 Å². The minimum Gasteiger partial charge on any atom is -0.355 e. The summed E-state index contributed by atoms with van der Waals surface area (Å²) in [5.41, 5.74) is 6.46. The monoisotopic (exact) mass is 238 g/mol. The molecule has 1 aliphatic rings. The zero-order chi connectivity index (χ0) is 13.1. The second-order valence-corrected chi connectivity index (χ2v) is 6.11. The molecular weight excluding hydrogens is 212 g/mol. The Morgan fingerprint density at radius 1 is 1.41 bits per heavy atom. The number of carbonyl (C=O) groups is 1. The average molecular weight is 238 g/mol. The zero-order valence-corrected chi connectivity index (χ0v) is 11.6. The number of allylic oxidation sites excluding steroid dienone is 1. The van der Waals surface area contributed by atoms with Crippen LogP contribution in [0, 0.1) is 5.41 Å². The predicted molar refractivity (Wildman–Crippen MR) is 71.6 cm³/mol. The van der Waals surface area contributed by atoms with Gasteiger partial charge in [-0.25, -0.2) is 0 Å². The maximum absolute atomic E-state index is 12.1. The fourth-order valence-electron chi connectivity index (χ4n) is 1.81. The molecule has 1 aliphatic carbocycles. The molecule has 0 bridgehead atoms. The number of hydrogen-bond donors (Lipinski definition) is 2. The van der Waals surface area contributed by atoms with E-state index >= 15 is 0 Å². The molecule has 3 heteroatoms. The summed E-state index contributed by atoms with van der Waals surface area (Å²) in [6.45, 7) is 8.32. The van der Waals surface area contributed by atoms with Gasteiger partial charge in [-0.2, -0.15) is 0 Å². The third-order valence-corrected chi connectivity index (χ3v) is 4.05.